The summed E-state index contributed by atoms with van der Waals surface area (Å²) in [4.78, 5) is 40.8. The van der Waals surface area contributed by atoms with Crippen LogP contribution in [0.2, 0.25) is 0 Å². The Hall–Kier alpha value is -4.93. The number of fused-ring (bicyclic) bond motifs is 1. The van der Waals surface area contributed by atoms with Crippen LogP contribution in [0.1, 0.15) is 6.92 Å². The van der Waals surface area contributed by atoms with Crippen molar-refractivity contribution in [3.8, 4) is 5.69 Å². The Morgan fingerprint density at radius 3 is 2.46 bits per heavy atom. The molecule has 0 unspecified atom stereocenters. The predicted octanol–water partition coefficient (Wildman–Crippen LogP) is 2.93. The van der Waals surface area contributed by atoms with Crippen LogP contribution in [0.3, 0.4) is 0 Å². The van der Waals surface area contributed by atoms with Crippen LogP contribution in [0.25, 0.3) is 16.9 Å². The maximum Gasteiger partial charge on any atom is 0.247 e. The Morgan fingerprint density at radius 2 is 1.76 bits per heavy atom. The Morgan fingerprint density at radius 1 is 1.00 bits per heavy atom. The summed E-state index contributed by atoms with van der Waals surface area (Å²) in [5.74, 6) is 0.409. The summed E-state index contributed by atoms with van der Waals surface area (Å²) in [5.41, 5.74) is 10.5. The van der Waals surface area contributed by atoms with E-state index in [0.717, 1.165) is 43.2 Å². The normalized spacial score (nSPS) is 13.4. The van der Waals surface area contributed by atoms with Gasteiger partial charge in [0.1, 0.15) is 6.33 Å². The van der Waals surface area contributed by atoms with Gasteiger partial charge in [-0.25, -0.2) is 4.98 Å². The molecule has 0 radical (unpaired) electrons. The zero-order valence-electron chi connectivity index (χ0n) is 20.4. The van der Waals surface area contributed by atoms with Gasteiger partial charge in [0, 0.05) is 50.2 Å². The topological polar surface area (TPSA) is 134 Å². The zero-order chi connectivity index (χ0) is 25.9. The number of anilines is 5. The number of nitrogens with zero attached hydrogens (tertiary/aromatic N) is 6. The van der Waals surface area contributed by atoms with Crippen LogP contribution >= 0.6 is 0 Å². The molecular weight excluding hydrogens is 470 g/mol. The Labute approximate surface area is 213 Å². The number of rotatable bonds is 6. The van der Waals surface area contributed by atoms with E-state index in [2.05, 4.69) is 37.1 Å². The monoisotopic (exact) mass is 497 g/mol. The van der Waals surface area contributed by atoms with Crippen LogP contribution in [0, 0.1) is 0 Å². The van der Waals surface area contributed by atoms with Gasteiger partial charge in [0.15, 0.2) is 17.0 Å². The number of carbonyl (C=O) groups is 2. The van der Waals surface area contributed by atoms with Crippen molar-refractivity contribution in [3.05, 3.63) is 67.5 Å². The summed E-state index contributed by atoms with van der Waals surface area (Å²) in [7, 11) is 0. The quantitative estimate of drug-likeness (QED) is 0.346. The molecule has 0 aliphatic carbocycles. The second-order valence-corrected chi connectivity index (χ2v) is 8.63. The van der Waals surface area contributed by atoms with Crippen LogP contribution in [-0.2, 0) is 9.59 Å². The van der Waals surface area contributed by atoms with Gasteiger partial charge >= 0.3 is 0 Å². The van der Waals surface area contributed by atoms with Gasteiger partial charge in [-0.1, -0.05) is 12.6 Å². The van der Waals surface area contributed by atoms with Crippen LogP contribution in [-0.4, -0.2) is 62.4 Å². The number of piperazine rings is 1. The molecule has 5 rings (SSSR count). The average molecular weight is 498 g/mol. The van der Waals surface area contributed by atoms with Crippen molar-refractivity contribution in [2.45, 2.75) is 6.92 Å². The number of hydrogen-bond donors (Lipinski definition) is 3. The number of benzene rings is 2. The number of nitrogens with two attached hydrogens (primary N) is 1. The first-order valence-electron chi connectivity index (χ1n) is 11.8. The van der Waals surface area contributed by atoms with E-state index in [4.69, 9.17) is 5.73 Å². The summed E-state index contributed by atoms with van der Waals surface area (Å²) in [6.45, 7) is 8.12. The fourth-order valence-corrected chi connectivity index (χ4v) is 4.26. The maximum absolute atomic E-state index is 11.7. The van der Waals surface area contributed by atoms with Gasteiger partial charge in [0.2, 0.25) is 17.8 Å². The van der Waals surface area contributed by atoms with Crippen molar-refractivity contribution in [2.24, 2.45) is 0 Å². The minimum absolute atomic E-state index is 0.115. The fraction of sp³-hybridized carbons (Fsp3) is 0.192. The van der Waals surface area contributed by atoms with Gasteiger partial charge in [0.25, 0.3) is 0 Å². The molecule has 2 aromatic heterocycles. The molecule has 0 atom stereocenters. The molecule has 1 fully saturated rings. The molecule has 0 saturated carbocycles. The molecule has 188 valence electrons. The van der Waals surface area contributed by atoms with Gasteiger partial charge in [-0.15, -0.1) is 0 Å². The van der Waals surface area contributed by atoms with Crippen molar-refractivity contribution in [1.29, 1.82) is 0 Å². The second kappa shape index (κ2) is 9.97. The maximum atomic E-state index is 11.7. The Bertz CT molecular complexity index is 1470. The molecule has 3 heterocycles. The van der Waals surface area contributed by atoms with Gasteiger partial charge in [-0.3, -0.25) is 14.2 Å². The van der Waals surface area contributed by atoms with E-state index in [-0.39, 0.29) is 17.6 Å². The van der Waals surface area contributed by atoms with Gasteiger partial charge in [0.05, 0.1) is 5.69 Å². The average Bonchev–Trinajstić information content (AvgIpc) is 3.34. The van der Waals surface area contributed by atoms with E-state index >= 15 is 0 Å². The molecule has 37 heavy (non-hydrogen) atoms. The molecule has 2 aromatic carbocycles. The summed E-state index contributed by atoms with van der Waals surface area (Å²) in [6, 6.07) is 15.3. The molecule has 11 nitrogen and oxygen atoms in total. The molecule has 1 aliphatic rings. The predicted molar refractivity (Wildman–Crippen MR) is 144 cm³/mol. The van der Waals surface area contributed by atoms with Gasteiger partial charge < -0.3 is 26.2 Å². The summed E-state index contributed by atoms with van der Waals surface area (Å²) in [5, 5.41) is 5.97. The number of carbonyl (C=O) groups excluding carboxylic acids is 2. The Kier molecular flexibility index (Phi) is 6.42. The Balaban J connectivity index is 1.36. The first kappa shape index (κ1) is 23.8. The lowest BCUT2D eigenvalue weighted by Gasteiger charge is -2.35. The highest BCUT2D eigenvalue weighted by Gasteiger charge is 2.19. The highest BCUT2D eigenvalue weighted by molar-refractivity contribution is 5.99. The lowest BCUT2D eigenvalue weighted by Crippen LogP contribution is -2.48. The lowest BCUT2D eigenvalue weighted by molar-refractivity contribution is -0.129. The van der Waals surface area contributed by atoms with E-state index < -0.39 is 0 Å². The summed E-state index contributed by atoms with van der Waals surface area (Å²) >= 11 is 0. The number of imidazole rings is 1. The number of nitrogens with one attached hydrogen (secondary N) is 2. The van der Waals surface area contributed by atoms with Crippen LogP contribution < -0.4 is 21.3 Å². The van der Waals surface area contributed by atoms with Crippen LogP contribution in [0.4, 0.5) is 28.8 Å². The van der Waals surface area contributed by atoms with Gasteiger partial charge in [-0.05, 0) is 48.5 Å². The van der Waals surface area contributed by atoms with Crippen molar-refractivity contribution in [2.75, 3.05) is 47.4 Å². The van der Waals surface area contributed by atoms with Crippen LogP contribution in [0.15, 0.2) is 67.5 Å². The molecule has 4 aromatic rings. The zero-order valence-corrected chi connectivity index (χ0v) is 20.4. The summed E-state index contributed by atoms with van der Waals surface area (Å²) in [6.07, 6.45) is 2.83. The van der Waals surface area contributed by atoms with E-state index in [0.29, 0.717) is 22.8 Å². The molecule has 2 amide bonds. The van der Waals surface area contributed by atoms with Crippen molar-refractivity contribution in [1.82, 2.24) is 24.4 Å². The van der Waals surface area contributed by atoms with Crippen molar-refractivity contribution < 1.29 is 9.59 Å². The van der Waals surface area contributed by atoms with Crippen LogP contribution in [0.5, 0.6) is 0 Å². The lowest BCUT2D eigenvalue weighted by atomic mass is 10.2. The van der Waals surface area contributed by atoms with E-state index in [1.807, 2.05) is 47.4 Å². The minimum atomic E-state index is -0.296. The highest BCUT2D eigenvalue weighted by atomic mass is 16.2. The minimum Gasteiger partial charge on any atom is -0.382 e. The first-order valence-corrected chi connectivity index (χ1v) is 11.8. The summed E-state index contributed by atoms with van der Waals surface area (Å²) < 4.78 is 1.78. The number of hydrogen-bond acceptors (Lipinski definition) is 8. The van der Waals surface area contributed by atoms with Crippen molar-refractivity contribution in [3.63, 3.8) is 0 Å². The molecule has 11 heteroatoms. The fourth-order valence-electron chi connectivity index (χ4n) is 4.26. The first-order chi connectivity index (χ1) is 17.9. The number of nitrogen functional groups attached to an aromatic ring is 1. The van der Waals surface area contributed by atoms with Crippen molar-refractivity contribution >= 4 is 51.8 Å². The molecule has 0 spiro atoms. The number of amides is 2. The van der Waals surface area contributed by atoms with Gasteiger partial charge in [-0.2, -0.15) is 9.97 Å². The van der Waals surface area contributed by atoms with E-state index in [1.54, 1.807) is 23.9 Å². The molecule has 1 saturated heterocycles. The molecule has 0 bridgehead atoms. The number of aromatic nitrogens is 4. The highest BCUT2D eigenvalue weighted by Crippen LogP contribution is 2.26. The van der Waals surface area contributed by atoms with E-state index in [9.17, 15) is 9.59 Å². The SMILES string of the molecule is C=CC(=O)Nc1cccc(-n2cnc3c(N)nc(Nc4ccc(N5CCN(C(C)=O)CC5)cc4)nc32)c1. The second-order valence-electron chi connectivity index (χ2n) is 8.63. The largest absolute Gasteiger partial charge is 0.382 e. The third-order valence-electron chi connectivity index (χ3n) is 6.21. The standard InChI is InChI=1S/C26H27N9O2/c1-3-22(37)29-19-5-4-6-21(15-19)35-16-28-23-24(27)31-26(32-25(23)35)30-18-7-9-20(10-8-18)34-13-11-33(12-14-34)17(2)36/h3-10,15-16H,1,11-14H2,2H3,(H,29,37)(H3,27,30,31,32). The van der Waals surface area contributed by atoms with E-state index in [1.165, 1.54) is 6.08 Å². The smallest absolute Gasteiger partial charge is 0.247 e. The molecular formula is C26H27N9O2. The molecule has 1 aliphatic heterocycles. The third kappa shape index (κ3) is 5.06. The molecule has 4 N–H and O–H groups in total. The third-order valence-corrected chi connectivity index (χ3v) is 6.21.